The van der Waals surface area contributed by atoms with Crippen LogP contribution in [0.15, 0.2) is 24.3 Å². The van der Waals surface area contributed by atoms with Crippen LogP contribution in [-0.2, 0) is 6.54 Å². The average molecular weight is 238 g/mol. The van der Waals surface area contributed by atoms with E-state index in [1.165, 1.54) is 12.1 Å². The molecule has 0 fully saturated rings. The summed E-state index contributed by atoms with van der Waals surface area (Å²) < 4.78 is 12.9. The molecule has 0 saturated heterocycles. The van der Waals surface area contributed by atoms with Crippen LogP contribution in [0, 0.1) is 5.82 Å². The van der Waals surface area contributed by atoms with Gasteiger partial charge in [-0.05, 0) is 24.1 Å². The first-order valence-corrected chi connectivity index (χ1v) is 5.98. The minimum Gasteiger partial charge on any atom is -0.338 e. The highest BCUT2D eigenvalue weighted by Crippen LogP contribution is 2.02. The summed E-state index contributed by atoms with van der Waals surface area (Å²) in [6.45, 7) is 3.14. The Morgan fingerprint density at radius 1 is 1.29 bits per heavy atom. The maximum Gasteiger partial charge on any atom is 0.315 e. The first kappa shape index (κ1) is 13.5. The zero-order valence-corrected chi connectivity index (χ0v) is 10.1. The Kier molecular flexibility index (Phi) is 6.07. The summed E-state index contributed by atoms with van der Waals surface area (Å²) in [6, 6.07) is 6.00. The first-order chi connectivity index (χ1) is 8.22. The second-order valence-corrected chi connectivity index (χ2v) is 3.95. The molecule has 1 aromatic rings. The normalized spacial score (nSPS) is 10.0. The number of nitrogens with one attached hydrogen (secondary N) is 2. The Balaban J connectivity index is 2.19. The van der Waals surface area contributed by atoms with Gasteiger partial charge >= 0.3 is 6.03 Å². The number of hydrogen-bond acceptors (Lipinski definition) is 1. The molecule has 0 unspecified atom stereocenters. The van der Waals surface area contributed by atoms with E-state index >= 15 is 0 Å². The molecule has 94 valence electrons. The van der Waals surface area contributed by atoms with Crippen molar-refractivity contribution in [3.63, 3.8) is 0 Å². The minimum absolute atomic E-state index is 0.203. The smallest absolute Gasteiger partial charge is 0.315 e. The second kappa shape index (κ2) is 7.65. The molecule has 0 heterocycles. The van der Waals surface area contributed by atoms with Gasteiger partial charge in [-0.1, -0.05) is 31.9 Å². The SMILES string of the molecule is CCCCCNC(=O)NCc1cccc(F)c1. The van der Waals surface area contributed by atoms with E-state index in [-0.39, 0.29) is 11.8 Å². The third-order valence-corrected chi connectivity index (χ3v) is 2.41. The maximum atomic E-state index is 12.9. The Morgan fingerprint density at radius 3 is 2.82 bits per heavy atom. The van der Waals surface area contributed by atoms with E-state index in [9.17, 15) is 9.18 Å². The zero-order chi connectivity index (χ0) is 12.5. The highest BCUT2D eigenvalue weighted by Gasteiger charge is 2.00. The number of benzene rings is 1. The highest BCUT2D eigenvalue weighted by molar-refractivity contribution is 5.73. The van der Waals surface area contributed by atoms with E-state index in [4.69, 9.17) is 0 Å². The number of amides is 2. The van der Waals surface area contributed by atoms with E-state index in [1.54, 1.807) is 12.1 Å². The first-order valence-electron chi connectivity index (χ1n) is 5.98. The molecule has 1 aromatic carbocycles. The molecule has 0 atom stereocenters. The number of hydrogen-bond donors (Lipinski definition) is 2. The zero-order valence-electron chi connectivity index (χ0n) is 10.1. The van der Waals surface area contributed by atoms with Crippen molar-refractivity contribution in [2.45, 2.75) is 32.7 Å². The van der Waals surface area contributed by atoms with Gasteiger partial charge in [0.2, 0.25) is 0 Å². The Hall–Kier alpha value is -1.58. The summed E-state index contributed by atoms with van der Waals surface area (Å²) in [5, 5.41) is 5.44. The van der Waals surface area contributed by atoms with Crippen molar-refractivity contribution in [3.05, 3.63) is 35.6 Å². The summed E-state index contributed by atoms with van der Waals surface area (Å²) in [7, 11) is 0. The lowest BCUT2D eigenvalue weighted by Gasteiger charge is -2.07. The summed E-state index contributed by atoms with van der Waals surface area (Å²) in [4.78, 5) is 11.3. The van der Waals surface area contributed by atoms with E-state index in [2.05, 4.69) is 17.6 Å². The Morgan fingerprint density at radius 2 is 2.12 bits per heavy atom. The molecule has 2 N–H and O–H groups in total. The lowest BCUT2D eigenvalue weighted by atomic mass is 10.2. The summed E-state index contributed by atoms with van der Waals surface area (Å²) in [5.74, 6) is -0.285. The maximum absolute atomic E-state index is 12.9. The fraction of sp³-hybridized carbons (Fsp3) is 0.462. The Labute approximate surface area is 101 Å². The van der Waals surface area contributed by atoms with E-state index in [1.807, 2.05) is 0 Å². The van der Waals surface area contributed by atoms with Crippen molar-refractivity contribution >= 4 is 6.03 Å². The fourth-order valence-electron chi connectivity index (χ4n) is 1.47. The average Bonchev–Trinajstić information content (AvgIpc) is 2.32. The molecule has 17 heavy (non-hydrogen) atoms. The molecule has 0 spiro atoms. The van der Waals surface area contributed by atoms with Crippen LogP contribution in [0.1, 0.15) is 31.7 Å². The van der Waals surface area contributed by atoms with Crippen LogP contribution in [0.3, 0.4) is 0 Å². The standard InChI is InChI=1S/C13H19FN2O/c1-2-3-4-8-15-13(17)16-10-11-6-5-7-12(14)9-11/h5-7,9H,2-4,8,10H2,1H3,(H2,15,16,17). The predicted molar refractivity (Wildman–Crippen MR) is 66.2 cm³/mol. The number of rotatable bonds is 6. The molecular weight excluding hydrogens is 219 g/mol. The van der Waals surface area contributed by atoms with E-state index < -0.39 is 0 Å². The van der Waals surface area contributed by atoms with E-state index in [0.29, 0.717) is 13.1 Å². The summed E-state index contributed by atoms with van der Waals surface area (Å²) >= 11 is 0. The molecule has 0 aromatic heterocycles. The fourth-order valence-corrected chi connectivity index (χ4v) is 1.47. The molecule has 0 bridgehead atoms. The van der Waals surface area contributed by atoms with Crippen molar-refractivity contribution in [2.24, 2.45) is 0 Å². The molecule has 0 radical (unpaired) electrons. The van der Waals surface area contributed by atoms with Crippen LogP contribution in [0.5, 0.6) is 0 Å². The lowest BCUT2D eigenvalue weighted by Crippen LogP contribution is -2.35. The van der Waals surface area contributed by atoms with Crippen molar-refractivity contribution in [2.75, 3.05) is 6.54 Å². The van der Waals surface area contributed by atoms with Crippen molar-refractivity contribution in [1.29, 1.82) is 0 Å². The van der Waals surface area contributed by atoms with Crippen molar-refractivity contribution in [1.82, 2.24) is 10.6 Å². The quantitative estimate of drug-likeness (QED) is 0.735. The predicted octanol–water partition coefficient (Wildman–Crippen LogP) is 2.82. The number of unbranched alkanes of at least 4 members (excludes halogenated alkanes) is 2. The molecule has 4 heteroatoms. The van der Waals surface area contributed by atoms with Crippen LogP contribution >= 0.6 is 0 Å². The summed E-state index contributed by atoms with van der Waals surface area (Å²) in [6.07, 6.45) is 3.24. The molecule has 3 nitrogen and oxygen atoms in total. The van der Waals surface area contributed by atoms with Gasteiger partial charge in [0.15, 0.2) is 0 Å². The van der Waals surface area contributed by atoms with Crippen LogP contribution in [0.2, 0.25) is 0 Å². The molecule has 0 saturated carbocycles. The molecule has 0 aliphatic carbocycles. The number of carbonyl (C=O) groups is 1. The van der Waals surface area contributed by atoms with Gasteiger partial charge in [-0.3, -0.25) is 0 Å². The third kappa shape index (κ3) is 5.90. The summed E-state index contributed by atoms with van der Waals surface area (Å²) in [5.41, 5.74) is 0.758. The van der Waals surface area contributed by atoms with Crippen LogP contribution in [-0.4, -0.2) is 12.6 Å². The van der Waals surface area contributed by atoms with Crippen molar-refractivity contribution < 1.29 is 9.18 Å². The van der Waals surface area contributed by atoms with Gasteiger partial charge in [0.05, 0.1) is 0 Å². The van der Waals surface area contributed by atoms with Gasteiger partial charge in [0.1, 0.15) is 5.82 Å². The lowest BCUT2D eigenvalue weighted by molar-refractivity contribution is 0.240. The van der Waals surface area contributed by atoms with Crippen LogP contribution < -0.4 is 10.6 Å². The van der Waals surface area contributed by atoms with Crippen LogP contribution in [0.4, 0.5) is 9.18 Å². The highest BCUT2D eigenvalue weighted by atomic mass is 19.1. The second-order valence-electron chi connectivity index (χ2n) is 3.95. The van der Waals surface area contributed by atoms with Gasteiger partial charge in [0, 0.05) is 13.1 Å². The van der Waals surface area contributed by atoms with Gasteiger partial charge in [-0.15, -0.1) is 0 Å². The molecule has 1 rings (SSSR count). The van der Waals surface area contributed by atoms with Crippen LogP contribution in [0.25, 0.3) is 0 Å². The molecule has 0 aliphatic heterocycles. The van der Waals surface area contributed by atoms with Crippen molar-refractivity contribution in [3.8, 4) is 0 Å². The van der Waals surface area contributed by atoms with Gasteiger partial charge in [0.25, 0.3) is 0 Å². The van der Waals surface area contributed by atoms with Gasteiger partial charge in [-0.25, -0.2) is 9.18 Å². The van der Waals surface area contributed by atoms with Gasteiger partial charge in [-0.2, -0.15) is 0 Å². The molecule has 2 amide bonds. The monoisotopic (exact) mass is 238 g/mol. The topological polar surface area (TPSA) is 41.1 Å². The van der Waals surface area contributed by atoms with E-state index in [0.717, 1.165) is 24.8 Å². The molecular formula is C13H19FN2O. The number of halogens is 1. The number of urea groups is 1. The van der Waals surface area contributed by atoms with Gasteiger partial charge < -0.3 is 10.6 Å². The largest absolute Gasteiger partial charge is 0.338 e. The third-order valence-electron chi connectivity index (χ3n) is 2.41. The number of carbonyl (C=O) groups excluding carboxylic acids is 1. The minimum atomic E-state index is -0.285. The Bertz CT molecular complexity index is 355. The molecule has 0 aliphatic rings.